The summed E-state index contributed by atoms with van der Waals surface area (Å²) in [5, 5.41) is 16.5. The highest BCUT2D eigenvalue weighted by Gasteiger charge is 2.23. The van der Waals surface area contributed by atoms with Gasteiger partial charge in [-0.05, 0) is 42.0 Å². The summed E-state index contributed by atoms with van der Waals surface area (Å²) >= 11 is 6.32. The van der Waals surface area contributed by atoms with Gasteiger partial charge < -0.3 is 10.0 Å². The van der Waals surface area contributed by atoms with Gasteiger partial charge in [-0.3, -0.25) is 0 Å². The standard InChI is InChI=1S/C19H17ClN2O4S/c1-2-22(15-8-7-12-5-3-4-6-13(12)9-15)16-10-14(19(23)24)11-17(18(16)20)27(21,25)26/h3-11H,2H2,1H3,(H,23,24)(H2,21,25,26). The van der Waals surface area contributed by atoms with Crippen molar-refractivity contribution in [2.24, 2.45) is 5.14 Å². The molecule has 3 N–H and O–H groups in total. The molecule has 0 saturated carbocycles. The van der Waals surface area contributed by atoms with E-state index in [-0.39, 0.29) is 16.3 Å². The van der Waals surface area contributed by atoms with Crippen LogP contribution < -0.4 is 10.0 Å². The van der Waals surface area contributed by atoms with Crippen LogP contribution in [0.2, 0.25) is 5.02 Å². The highest BCUT2D eigenvalue weighted by Crippen LogP contribution is 2.37. The van der Waals surface area contributed by atoms with Gasteiger partial charge in [-0.2, -0.15) is 0 Å². The summed E-state index contributed by atoms with van der Waals surface area (Å²) in [5.41, 5.74) is 0.803. The number of aromatic carboxylic acids is 1. The van der Waals surface area contributed by atoms with Crippen LogP contribution in [0.25, 0.3) is 10.8 Å². The van der Waals surface area contributed by atoms with Crippen LogP contribution in [-0.4, -0.2) is 26.0 Å². The number of benzene rings is 3. The van der Waals surface area contributed by atoms with Crippen LogP contribution in [0.4, 0.5) is 11.4 Å². The Morgan fingerprint density at radius 3 is 2.37 bits per heavy atom. The van der Waals surface area contributed by atoms with Crippen LogP contribution in [0.5, 0.6) is 0 Å². The first-order valence-corrected chi connectivity index (χ1v) is 10.0. The third kappa shape index (κ3) is 3.75. The fraction of sp³-hybridized carbons (Fsp3) is 0.105. The van der Waals surface area contributed by atoms with Gasteiger partial charge >= 0.3 is 5.97 Å². The molecule has 0 aliphatic carbocycles. The van der Waals surface area contributed by atoms with Crippen LogP contribution in [0.1, 0.15) is 17.3 Å². The quantitative estimate of drug-likeness (QED) is 0.669. The van der Waals surface area contributed by atoms with Crippen molar-refractivity contribution in [3.8, 4) is 0 Å². The van der Waals surface area contributed by atoms with Crippen molar-refractivity contribution in [3.63, 3.8) is 0 Å². The number of hydrogen-bond donors (Lipinski definition) is 2. The molecule has 6 nitrogen and oxygen atoms in total. The fourth-order valence-corrected chi connectivity index (χ4v) is 4.13. The van der Waals surface area contributed by atoms with Gasteiger partial charge in [0.2, 0.25) is 10.0 Å². The molecule has 0 saturated heterocycles. The molecule has 0 bridgehead atoms. The Hall–Kier alpha value is -2.61. The molecule has 0 aliphatic heterocycles. The number of sulfonamides is 1. The molecule has 8 heteroatoms. The lowest BCUT2D eigenvalue weighted by molar-refractivity contribution is 0.0696. The summed E-state index contributed by atoms with van der Waals surface area (Å²) in [6, 6.07) is 15.8. The maximum atomic E-state index is 11.9. The van der Waals surface area contributed by atoms with Gasteiger partial charge in [-0.15, -0.1) is 0 Å². The number of nitrogens with two attached hydrogens (primary N) is 1. The average Bonchev–Trinajstić information content (AvgIpc) is 2.62. The van der Waals surface area contributed by atoms with Crippen LogP contribution in [-0.2, 0) is 10.0 Å². The smallest absolute Gasteiger partial charge is 0.335 e. The Labute approximate surface area is 161 Å². The minimum atomic E-state index is -4.19. The molecular formula is C19H17ClN2O4S. The molecule has 0 heterocycles. The fourth-order valence-electron chi connectivity index (χ4n) is 2.95. The summed E-state index contributed by atoms with van der Waals surface area (Å²) in [5.74, 6) is -1.27. The summed E-state index contributed by atoms with van der Waals surface area (Å²) in [6.07, 6.45) is 0. The number of fused-ring (bicyclic) bond motifs is 1. The van der Waals surface area contributed by atoms with Gasteiger partial charge in [-0.25, -0.2) is 18.4 Å². The van der Waals surface area contributed by atoms with Crippen molar-refractivity contribution in [2.45, 2.75) is 11.8 Å². The summed E-state index contributed by atoms with van der Waals surface area (Å²) in [4.78, 5) is 12.8. The second-order valence-electron chi connectivity index (χ2n) is 5.93. The SMILES string of the molecule is CCN(c1ccc2ccccc2c1)c1cc(C(=O)O)cc(S(N)(=O)=O)c1Cl. The molecule has 3 rings (SSSR count). The molecule has 140 valence electrons. The van der Waals surface area contributed by atoms with Crippen molar-refractivity contribution in [1.29, 1.82) is 0 Å². The van der Waals surface area contributed by atoms with Crippen LogP contribution in [0.3, 0.4) is 0 Å². The highest BCUT2D eigenvalue weighted by molar-refractivity contribution is 7.89. The van der Waals surface area contributed by atoms with Gasteiger partial charge in [0.25, 0.3) is 0 Å². The lowest BCUT2D eigenvalue weighted by Gasteiger charge is -2.26. The zero-order valence-corrected chi connectivity index (χ0v) is 16.0. The second kappa shape index (κ2) is 7.19. The number of anilines is 2. The normalized spacial score (nSPS) is 11.5. The summed E-state index contributed by atoms with van der Waals surface area (Å²) < 4.78 is 23.8. The molecule has 0 amide bonds. The zero-order chi connectivity index (χ0) is 19.8. The number of halogens is 1. The minimum Gasteiger partial charge on any atom is -0.478 e. The van der Waals surface area contributed by atoms with Crippen molar-refractivity contribution in [2.75, 3.05) is 11.4 Å². The lowest BCUT2D eigenvalue weighted by atomic mass is 10.1. The molecule has 0 fully saturated rings. The van der Waals surface area contributed by atoms with Crippen molar-refractivity contribution in [3.05, 3.63) is 65.2 Å². The largest absolute Gasteiger partial charge is 0.478 e. The van der Waals surface area contributed by atoms with Gasteiger partial charge in [0.1, 0.15) is 4.90 Å². The first-order chi connectivity index (χ1) is 12.7. The molecule has 27 heavy (non-hydrogen) atoms. The van der Waals surface area contributed by atoms with Gasteiger partial charge in [0, 0.05) is 12.2 Å². The van der Waals surface area contributed by atoms with E-state index >= 15 is 0 Å². The van der Waals surface area contributed by atoms with E-state index in [0.29, 0.717) is 6.54 Å². The number of nitrogens with zero attached hydrogens (tertiary/aromatic N) is 1. The zero-order valence-electron chi connectivity index (χ0n) is 14.4. The summed E-state index contributed by atoms with van der Waals surface area (Å²) in [6.45, 7) is 2.29. The predicted molar refractivity (Wildman–Crippen MR) is 106 cm³/mol. The Bertz CT molecular complexity index is 1150. The molecule has 0 aliphatic rings. The molecule has 0 unspecified atom stereocenters. The average molecular weight is 405 g/mol. The highest BCUT2D eigenvalue weighted by atomic mass is 35.5. The first kappa shape index (κ1) is 19.2. The second-order valence-corrected chi connectivity index (χ2v) is 7.84. The monoisotopic (exact) mass is 404 g/mol. The van der Waals surface area contributed by atoms with E-state index in [4.69, 9.17) is 16.7 Å². The lowest BCUT2D eigenvalue weighted by Crippen LogP contribution is -2.20. The maximum absolute atomic E-state index is 11.9. The molecule has 3 aromatic rings. The molecular weight excluding hydrogens is 388 g/mol. The van der Waals surface area contributed by atoms with Gasteiger partial charge in [0.15, 0.2) is 0 Å². The number of carbonyl (C=O) groups is 1. The molecule has 0 radical (unpaired) electrons. The van der Waals surface area contributed by atoms with E-state index in [9.17, 15) is 18.3 Å². The minimum absolute atomic E-state index is 0.113. The predicted octanol–water partition coefficient (Wildman–Crippen LogP) is 4.00. The summed E-state index contributed by atoms with van der Waals surface area (Å²) in [7, 11) is -4.19. The molecule has 0 atom stereocenters. The molecule has 0 spiro atoms. The Kier molecular flexibility index (Phi) is 5.10. The van der Waals surface area contributed by atoms with Crippen molar-refractivity contribution >= 4 is 49.7 Å². The van der Waals surface area contributed by atoms with Crippen molar-refractivity contribution in [1.82, 2.24) is 0 Å². The molecule has 3 aromatic carbocycles. The number of hydrogen-bond acceptors (Lipinski definition) is 4. The van der Waals surface area contributed by atoms with E-state index in [0.717, 1.165) is 22.5 Å². The Morgan fingerprint density at radius 2 is 1.78 bits per heavy atom. The van der Waals surface area contributed by atoms with E-state index in [1.54, 1.807) is 4.90 Å². The van der Waals surface area contributed by atoms with E-state index < -0.39 is 20.9 Å². The van der Waals surface area contributed by atoms with Crippen LogP contribution >= 0.6 is 11.6 Å². The number of rotatable bonds is 5. The number of carboxylic acid groups (broad SMARTS) is 1. The first-order valence-electron chi connectivity index (χ1n) is 8.08. The van der Waals surface area contributed by atoms with Crippen LogP contribution in [0.15, 0.2) is 59.5 Å². The Morgan fingerprint density at radius 1 is 1.11 bits per heavy atom. The van der Waals surface area contributed by atoms with E-state index in [2.05, 4.69) is 0 Å². The molecule has 0 aromatic heterocycles. The third-order valence-corrected chi connectivity index (χ3v) is 5.67. The Balaban J connectivity index is 2.24. The van der Waals surface area contributed by atoms with Crippen LogP contribution in [0, 0.1) is 0 Å². The van der Waals surface area contributed by atoms with Gasteiger partial charge in [0.05, 0.1) is 16.3 Å². The number of primary sulfonamides is 1. The van der Waals surface area contributed by atoms with Gasteiger partial charge in [-0.1, -0.05) is 41.9 Å². The number of carboxylic acids is 1. The van der Waals surface area contributed by atoms with Crippen molar-refractivity contribution < 1.29 is 18.3 Å². The van der Waals surface area contributed by atoms with E-state index in [1.807, 2.05) is 49.4 Å². The third-order valence-electron chi connectivity index (χ3n) is 4.23. The maximum Gasteiger partial charge on any atom is 0.335 e. The topological polar surface area (TPSA) is 101 Å². The van der Waals surface area contributed by atoms with E-state index in [1.165, 1.54) is 6.07 Å².